The minimum absolute atomic E-state index is 0.471. The predicted octanol–water partition coefficient (Wildman–Crippen LogP) is 0.547. The number of hydrogen-bond donors (Lipinski definition) is 1. The van der Waals surface area contributed by atoms with Gasteiger partial charge in [0.2, 0.25) is 0 Å². The molecule has 0 aromatic carbocycles. The van der Waals surface area contributed by atoms with E-state index in [1.165, 1.54) is 0 Å². The Hall–Kier alpha value is -1.62. The molecular formula is C9H13N5. The minimum Gasteiger partial charge on any atom is -0.325 e. The number of rotatable bonds is 3. The third-order valence-corrected chi connectivity index (χ3v) is 2.12. The SMILES string of the molecule is CCn1ccc(-n2cncc2CN)n1. The van der Waals surface area contributed by atoms with E-state index < -0.39 is 0 Å². The van der Waals surface area contributed by atoms with Gasteiger partial charge in [0.1, 0.15) is 6.33 Å². The van der Waals surface area contributed by atoms with Gasteiger partial charge in [0.05, 0.1) is 5.69 Å². The highest BCUT2D eigenvalue weighted by atomic mass is 15.3. The third kappa shape index (κ3) is 1.42. The number of nitrogens with zero attached hydrogens (tertiary/aromatic N) is 4. The third-order valence-electron chi connectivity index (χ3n) is 2.12. The van der Waals surface area contributed by atoms with Crippen LogP contribution in [0.1, 0.15) is 12.6 Å². The molecule has 2 N–H and O–H groups in total. The lowest BCUT2D eigenvalue weighted by molar-refractivity contribution is 0.650. The summed E-state index contributed by atoms with van der Waals surface area (Å²) in [4.78, 5) is 4.04. The van der Waals surface area contributed by atoms with Gasteiger partial charge < -0.3 is 5.73 Å². The standard InChI is InChI=1S/C9H13N5/c1-2-13-4-3-9(12-13)14-7-11-6-8(14)5-10/h3-4,6-7H,2,5,10H2,1H3. The molecule has 0 atom stereocenters. The van der Waals surface area contributed by atoms with Crippen molar-refractivity contribution in [3.8, 4) is 5.82 Å². The van der Waals surface area contributed by atoms with E-state index in [-0.39, 0.29) is 0 Å². The normalized spacial score (nSPS) is 10.7. The summed E-state index contributed by atoms with van der Waals surface area (Å²) >= 11 is 0. The molecular weight excluding hydrogens is 178 g/mol. The molecule has 2 rings (SSSR count). The van der Waals surface area contributed by atoms with Crippen LogP contribution in [0.3, 0.4) is 0 Å². The summed E-state index contributed by atoms with van der Waals surface area (Å²) in [5.74, 6) is 0.866. The largest absolute Gasteiger partial charge is 0.325 e. The molecule has 2 aromatic rings. The number of imidazole rings is 1. The van der Waals surface area contributed by atoms with Crippen LogP contribution in [-0.2, 0) is 13.1 Å². The van der Waals surface area contributed by atoms with Crippen LogP contribution in [0.4, 0.5) is 0 Å². The molecule has 0 aliphatic carbocycles. The lowest BCUT2D eigenvalue weighted by Gasteiger charge is -2.01. The summed E-state index contributed by atoms with van der Waals surface area (Å²) in [5.41, 5.74) is 6.54. The molecule has 0 spiro atoms. The van der Waals surface area contributed by atoms with E-state index in [9.17, 15) is 0 Å². The summed E-state index contributed by atoms with van der Waals surface area (Å²) < 4.78 is 3.77. The van der Waals surface area contributed by atoms with Gasteiger partial charge >= 0.3 is 0 Å². The molecule has 74 valence electrons. The van der Waals surface area contributed by atoms with Gasteiger partial charge in [-0.25, -0.2) is 4.98 Å². The fourth-order valence-electron chi connectivity index (χ4n) is 1.34. The van der Waals surface area contributed by atoms with E-state index in [1.807, 2.05) is 21.5 Å². The van der Waals surface area contributed by atoms with Gasteiger partial charge in [0.25, 0.3) is 0 Å². The zero-order valence-corrected chi connectivity index (χ0v) is 8.09. The van der Waals surface area contributed by atoms with Crippen LogP contribution in [0.2, 0.25) is 0 Å². The van der Waals surface area contributed by atoms with Gasteiger partial charge in [0, 0.05) is 31.5 Å². The Balaban J connectivity index is 2.38. The van der Waals surface area contributed by atoms with Crippen molar-refractivity contribution in [3.63, 3.8) is 0 Å². The molecule has 2 heterocycles. The van der Waals surface area contributed by atoms with Crippen LogP contribution in [0.25, 0.3) is 5.82 Å². The summed E-state index contributed by atoms with van der Waals surface area (Å²) in [6.07, 6.45) is 5.42. The van der Waals surface area contributed by atoms with E-state index in [0.717, 1.165) is 18.1 Å². The molecule has 5 heteroatoms. The van der Waals surface area contributed by atoms with Gasteiger partial charge in [-0.05, 0) is 6.92 Å². The summed E-state index contributed by atoms with van der Waals surface area (Å²) in [5, 5.41) is 4.36. The smallest absolute Gasteiger partial charge is 0.160 e. The Morgan fingerprint density at radius 1 is 1.50 bits per heavy atom. The molecule has 2 aromatic heterocycles. The second-order valence-electron chi connectivity index (χ2n) is 2.99. The topological polar surface area (TPSA) is 61.7 Å². The predicted molar refractivity (Wildman–Crippen MR) is 52.9 cm³/mol. The van der Waals surface area contributed by atoms with Crippen molar-refractivity contribution in [1.29, 1.82) is 0 Å². The molecule has 0 bridgehead atoms. The number of aromatic nitrogens is 4. The maximum atomic E-state index is 5.58. The molecule has 0 fully saturated rings. The van der Waals surface area contributed by atoms with Crippen LogP contribution < -0.4 is 5.73 Å². The Bertz CT molecular complexity index is 414. The van der Waals surface area contributed by atoms with Gasteiger partial charge in [-0.2, -0.15) is 5.10 Å². The minimum atomic E-state index is 0.471. The lowest BCUT2D eigenvalue weighted by atomic mass is 10.4. The molecule has 0 aliphatic rings. The fraction of sp³-hybridized carbons (Fsp3) is 0.333. The van der Waals surface area contributed by atoms with E-state index in [0.29, 0.717) is 6.54 Å². The molecule has 0 unspecified atom stereocenters. The van der Waals surface area contributed by atoms with Crippen molar-refractivity contribution in [2.45, 2.75) is 20.0 Å². The Morgan fingerprint density at radius 2 is 2.36 bits per heavy atom. The summed E-state index contributed by atoms with van der Waals surface area (Å²) in [6.45, 7) is 3.39. The second-order valence-corrected chi connectivity index (χ2v) is 2.99. The first kappa shape index (κ1) is 8.96. The van der Waals surface area contributed by atoms with Gasteiger partial charge in [-0.15, -0.1) is 0 Å². The Labute approximate surface area is 82.2 Å². The highest BCUT2D eigenvalue weighted by Gasteiger charge is 2.04. The highest BCUT2D eigenvalue weighted by molar-refractivity contribution is 5.23. The number of aryl methyl sites for hydroxylation is 1. The van der Waals surface area contributed by atoms with Crippen LogP contribution in [0.15, 0.2) is 24.8 Å². The monoisotopic (exact) mass is 191 g/mol. The molecule has 0 saturated heterocycles. The van der Waals surface area contributed by atoms with Gasteiger partial charge in [0.15, 0.2) is 5.82 Å². The summed E-state index contributed by atoms with van der Waals surface area (Å²) in [7, 11) is 0. The maximum absolute atomic E-state index is 5.58. The first-order chi connectivity index (χ1) is 6.85. The second kappa shape index (κ2) is 3.63. The molecule has 0 amide bonds. The lowest BCUT2D eigenvalue weighted by Crippen LogP contribution is -2.05. The number of hydrogen-bond acceptors (Lipinski definition) is 3. The van der Waals surface area contributed by atoms with Crippen molar-refractivity contribution in [3.05, 3.63) is 30.5 Å². The van der Waals surface area contributed by atoms with E-state index in [1.54, 1.807) is 12.5 Å². The Kier molecular flexibility index (Phi) is 2.32. The fourth-order valence-corrected chi connectivity index (χ4v) is 1.34. The average Bonchev–Trinajstić information content (AvgIpc) is 2.85. The quantitative estimate of drug-likeness (QED) is 0.770. The van der Waals surface area contributed by atoms with E-state index >= 15 is 0 Å². The molecule has 5 nitrogen and oxygen atoms in total. The van der Waals surface area contributed by atoms with Gasteiger partial charge in [-0.1, -0.05) is 0 Å². The van der Waals surface area contributed by atoms with Crippen LogP contribution in [-0.4, -0.2) is 19.3 Å². The number of nitrogens with two attached hydrogens (primary N) is 1. The molecule has 0 aliphatic heterocycles. The van der Waals surface area contributed by atoms with Crippen LogP contribution in [0, 0.1) is 0 Å². The van der Waals surface area contributed by atoms with Crippen molar-refractivity contribution in [1.82, 2.24) is 19.3 Å². The first-order valence-corrected chi connectivity index (χ1v) is 4.60. The van der Waals surface area contributed by atoms with Crippen molar-refractivity contribution in [2.75, 3.05) is 0 Å². The summed E-state index contributed by atoms with van der Waals surface area (Å²) in [6, 6.07) is 1.95. The molecule has 0 radical (unpaired) electrons. The molecule has 14 heavy (non-hydrogen) atoms. The van der Waals surface area contributed by atoms with E-state index in [2.05, 4.69) is 17.0 Å². The van der Waals surface area contributed by atoms with Crippen LogP contribution >= 0.6 is 0 Å². The Morgan fingerprint density at radius 3 is 3.00 bits per heavy atom. The van der Waals surface area contributed by atoms with Crippen LogP contribution in [0.5, 0.6) is 0 Å². The van der Waals surface area contributed by atoms with Crippen molar-refractivity contribution in [2.24, 2.45) is 5.73 Å². The highest BCUT2D eigenvalue weighted by Crippen LogP contribution is 2.07. The van der Waals surface area contributed by atoms with E-state index in [4.69, 9.17) is 5.73 Å². The molecule has 0 saturated carbocycles. The van der Waals surface area contributed by atoms with Crippen molar-refractivity contribution >= 4 is 0 Å². The van der Waals surface area contributed by atoms with Crippen molar-refractivity contribution < 1.29 is 0 Å². The maximum Gasteiger partial charge on any atom is 0.160 e. The zero-order chi connectivity index (χ0) is 9.97. The zero-order valence-electron chi connectivity index (χ0n) is 8.09. The van der Waals surface area contributed by atoms with Gasteiger partial charge in [-0.3, -0.25) is 9.25 Å². The first-order valence-electron chi connectivity index (χ1n) is 4.60. The average molecular weight is 191 g/mol.